The first-order chi connectivity index (χ1) is 12.2. The number of nitrogens with two attached hydrogens (primary N) is 1. The van der Waals surface area contributed by atoms with E-state index >= 15 is 0 Å². The molecule has 0 aliphatic carbocycles. The van der Waals surface area contributed by atoms with Crippen molar-refractivity contribution in [3.05, 3.63) is 23.8 Å². The predicted molar refractivity (Wildman–Crippen MR) is 107 cm³/mol. The molecular weight excluding hydrogens is 372 g/mol. The first kappa shape index (κ1) is 24.7. The van der Waals surface area contributed by atoms with Gasteiger partial charge in [0, 0.05) is 19.7 Å². The Bertz CT molecular complexity index is 665. The summed E-state index contributed by atoms with van der Waals surface area (Å²) in [5.74, 6) is -0.601. The van der Waals surface area contributed by atoms with E-state index in [9.17, 15) is 14.4 Å². The second kappa shape index (κ2) is 11.4. The molecule has 27 heavy (non-hydrogen) atoms. The van der Waals surface area contributed by atoms with Crippen LogP contribution in [0.25, 0.3) is 0 Å². The van der Waals surface area contributed by atoms with Gasteiger partial charge in [-0.05, 0) is 31.0 Å². The van der Waals surface area contributed by atoms with Crippen molar-refractivity contribution in [2.45, 2.75) is 26.8 Å². The number of ether oxygens (including phenoxy) is 1. The molecule has 0 radical (unpaired) electrons. The molecule has 0 saturated heterocycles. The highest BCUT2D eigenvalue weighted by Crippen LogP contribution is 2.26. The van der Waals surface area contributed by atoms with E-state index in [1.807, 2.05) is 13.8 Å². The molecule has 0 unspecified atom stereocenters. The molecule has 0 fully saturated rings. The highest BCUT2D eigenvalue weighted by Gasteiger charge is 2.18. The van der Waals surface area contributed by atoms with Crippen LogP contribution in [0.2, 0.25) is 0 Å². The molecule has 152 valence electrons. The number of nitrogens with zero attached hydrogens (tertiary/aromatic N) is 1. The van der Waals surface area contributed by atoms with Gasteiger partial charge in [0.05, 0.1) is 24.9 Å². The molecule has 0 spiro atoms. The van der Waals surface area contributed by atoms with E-state index in [0.717, 1.165) is 0 Å². The van der Waals surface area contributed by atoms with Crippen LogP contribution < -0.4 is 21.1 Å². The van der Waals surface area contributed by atoms with Crippen LogP contribution >= 0.6 is 12.4 Å². The van der Waals surface area contributed by atoms with E-state index in [0.29, 0.717) is 23.6 Å². The second-order valence-corrected chi connectivity index (χ2v) is 6.38. The van der Waals surface area contributed by atoms with Crippen LogP contribution in [0.3, 0.4) is 0 Å². The summed E-state index contributed by atoms with van der Waals surface area (Å²) in [6, 6.07) is 4.11. The highest BCUT2D eigenvalue weighted by molar-refractivity contribution is 5.98. The lowest BCUT2D eigenvalue weighted by Crippen LogP contribution is -2.46. The minimum absolute atomic E-state index is 0. The number of halogens is 1. The van der Waals surface area contributed by atoms with Crippen molar-refractivity contribution in [3.8, 4) is 5.75 Å². The molecule has 0 aliphatic heterocycles. The smallest absolute Gasteiger partial charge is 0.253 e. The van der Waals surface area contributed by atoms with Gasteiger partial charge in [0.15, 0.2) is 0 Å². The average molecular weight is 401 g/mol. The number of benzene rings is 1. The minimum atomic E-state index is -0.668. The fourth-order valence-electron chi connectivity index (χ4n) is 2.07. The number of hydrogen-bond donors (Lipinski definition) is 3. The zero-order valence-corrected chi connectivity index (χ0v) is 17.2. The Balaban J connectivity index is 0.00000676. The highest BCUT2D eigenvalue weighted by atomic mass is 35.5. The molecule has 0 aromatic heterocycles. The maximum atomic E-state index is 12.1. The lowest BCUT2D eigenvalue weighted by Gasteiger charge is -2.17. The van der Waals surface area contributed by atoms with Gasteiger partial charge in [0.1, 0.15) is 5.75 Å². The topological polar surface area (TPSA) is 114 Å². The van der Waals surface area contributed by atoms with E-state index < -0.39 is 11.9 Å². The summed E-state index contributed by atoms with van der Waals surface area (Å²) in [5.41, 5.74) is 6.61. The van der Waals surface area contributed by atoms with Crippen LogP contribution in [0.1, 0.15) is 31.1 Å². The van der Waals surface area contributed by atoms with E-state index in [1.165, 1.54) is 4.90 Å². The van der Waals surface area contributed by atoms with Crippen molar-refractivity contribution >= 4 is 35.8 Å². The third-order valence-corrected chi connectivity index (χ3v) is 3.65. The number of amides is 3. The zero-order chi connectivity index (χ0) is 19.9. The van der Waals surface area contributed by atoms with Gasteiger partial charge >= 0.3 is 0 Å². The third-order valence-electron chi connectivity index (χ3n) is 3.65. The molecule has 0 aliphatic rings. The Morgan fingerprint density at radius 1 is 1.22 bits per heavy atom. The van der Waals surface area contributed by atoms with E-state index in [-0.39, 0.29) is 36.7 Å². The Morgan fingerprint density at radius 2 is 1.85 bits per heavy atom. The van der Waals surface area contributed by atoms with Gasteiger partial charge in [-0.3, -0.25) is 14.4 Å². The molecule has 9 heteroatoms. The first-order valence-corrected chi connectivity index (χ1v) is 8.49. The van der Waals surface area contributed by atoms with E-state index in [4.69, 9.17) is 10.5 Å². The predicted octanol–water partition coefficient (Wildman–Crippen LogP) is 1.25. The SMILES string of the molecule is CCOc1cc(C(=O)N(C)C)ccc1NC(=O)CNC(=O)[C@@H](N)C(C)C.Cl. The second-order valence-electron chi connectivity index (χ2n) is 6.38. The number of carbonyl (C=O) groups excluding carboxylic acids is 3. The van der Waals surface area contributed by atoms with Crippen LogP contribution in [-0.2, 0) is 9.59 Å². The molecule has 1 atom stereocenters. The van der Waals surface area contributed by atoms with Crippen LogP contribution in [0.4, 0.5) is 5.69 Å². The quantitative estimate of drug-likeness (QED) is 0.607. The van der Waals surface area contributed by atoms with Gasteiger partial charge in [0.2, 0.25) is 11.8 Å². The Morgan fingerprint density at radius 3 is 2.37 bits per heavy atom. The molecule has 1 rings (SSSR count). The van der Waals surface area contributed by atoms with Crippen molar-refractivity contribution in [1.82, 2.24) is 10.2 Å². The Kier molecular flexibility index (Phi) is 10.4. The number of carbonyl (C=O) groups is 3. The van der Waals surface area contributed by atoms with Crippen LogP contribution in [0, 0.1) is 5.92 Å². The van der Waals surface area contributed by atoms with E-state index in [1.54, 1.807) is 39.2 Å². The van der Waals surface area contributed by atoms with Crippen LogP contribution in [-0.4, -0.2) is 55.9 Å². The average Bonchev–Trinajstić information content (AvgIpc) is 2.59. The minimum Gasteiger partial charge on any atom is -0.492 e. The van der Waals surface area contributed by atoms with Crippen LogP contribution in [0.5, 0.6) is 5.75 Å². The molecule has 0 bridgehead atoms. The van der Waals surface area contributed by atoms with Gasteiger partial charge in [0.25, 0.3) is 5.91 Å². The number of anilines is 1. The molecule has 0 heterocycles. The van der Waals surface area contributed by atoms with Gasteiger partial charge in [-0.15, -0.1) is 12.4 Å². The molecule has 4 N–H and O–H groups in total. The van der Waals surface area contributed by atoms with Crippen molar-refractivity contribution in [2.75, 3.05) is 32.6 Å². The fraction of sp³-hybridized carbons (Fsp3) is 0.500. The van der Waals surface area contributed by atoms with Gasteiger partial charge in [-0.2, -0.15) is 0 Å². The summed E-state index contributed by atoms with van der Waals surface area (Å²) in [4.78, 5) is 37.4. The van der Waals surface area contributed by atoms with Gasteiger partial charge in [-0.25, -0.2) is 0 Å². The Hall–Kier alpha value is -2.32. The lowest BCUT2D eigenvalue weighted by atomic mass is 10.1. The summed E-state index contributed by atoms with van der Waals surface area (Å²) in [7, 11) is 3.31. The molecular formula is C18H29ClN4O4. The van der Waals surface area contributed by atoms with Crippen molar-refractivity contribution in [3.63, 3.8) is 0 Å². The number of nitrogens with one attached hydrogen (secondary N) is 2. The summed E-state index contributed by atoms with van der Waals surface area (Å²) in [6.45, 7) is 5.63. The normalized spacial score (nSPS) is 11.2. The molecule has 1 aromatic carbocycles. The number of hydrogen-bond acceptors (Lipinski definition) is 5. The summed E-state index contributed by atoms with van der Waals surface area (Å²) >= 11 is 0. The van der Waals surface area contributed by atoms with Crippen molar-refractivity contribution < 1.29 is 19.1 Å². The maximum absolute atomic E-state index is 12.1. The number of rotatable bonds is 8. The first-order valence-electron chi connectivity index (χ1n) is 8.49. The third kappa shape index (κ3) is 7.44. The molecule has 3 amide bonds. The lowest BCUT2D eigenvalue weighted by molar-refractivity contribution is -0.125. The van der Waals surface area contributed by atoms with Crippen molar-refractivity contribution in [2.24, 2.45) is 11.7 Å². The van der Waals surface area contributed by atoms with Gasteiger partial charge in [-0.1, -0.05) is 13.8 Å². The maximum Gasteiger partial charge on any atom is 0.253 e. The van der Waals surface area contributed by atoms with Crippen molar-refractivity contribution in [1.29, 1.82) is 0 Å². The molecule has 0 saturated carbocycles. The monoisotopic (exact) mass is 400 g/mol. The van der Waals surface area contributed by atoms with Gasteiger partial charge < -0.3 is 26.0 Å². The largest absolute Gasteiger partial charge is 0.492 e. The summed E-state index contributed by atoms with van der Waals surface area (Å²) in [6.07, 6.45) is 0. The van der Waals surface area contributed by atoms with Crippen LogP contribution in [0.15, 0.2) is 18.2 Å². The zero-order valence-electron chi connectivity index (χ0n) is 16.4. The standard InChI is InChI=1S/C18H28N4O4.ClH/c1-6-26-14-9-12(18(25)22(4)5)7-8-13(14)21-15(23)10-20-17(24)16(19)11(2)3;/h7-9,11,16H,6,10,19H2,1-5H3,(H,20,24)(H,21,23);1H/t16-;/m0./s1. The molecule has 1 aromatic rings. The summed E-state index contributed by atoms with van der Waals surface area (Å²) < 4.78 is 5.51. The Labute approximate surface area is 166 Å². The van der Waals surface area contributed by atoms with E-state index in [2.05, 4.69) is 10.6 Å². The summed E-state index contributed by atoms with van der Waals surface area (Å²) in [5, 5.41) is 5.17. The fourth-order valence-corrected chi connectivity index (χ4v) is 2.07. The molecule has 8 nitrogen and oxygen atoms in total.